The highest BCUT2D eigenvalue weighted by Gasteiger charge is 2.24. The zero-order valence-corrected chi connectivity index (χ0v) is 10.5. The molecule has 0 radical (unpaired) electrons. The number of aryl methyl sites for hydroxylation is 1. The first-order valence-corrected chi connectivity index (χ1v) is 6.23. The minimum atomic E-state index is 0.0273. The van der Waals surface area contributed by atoms with Crippen LogP contribution in [0.15, 0.2) is 15.1 Å². The minimum Gasteiger partial charge on any atom is -0.361 e. The van der Waals surface area contributed by atoms with Gasteiger partial charge in [-0.2, -0.15) is 4.98 Å². The summed E-state index contributed by atoms with van der Waals surface area (Å²) >= 11 is 0. The van der Waals surface area contributed by atoms with Gasteiger partial charge in [-0.3, -0.25) is 4.79 Å². The monoisotopic (exact) mass is 262 g/mol. The van der Waals surface area contributed by atoms with Crippen LogP contribution in [0.2, 0.25) is 0 Å². The van der Waals surface area contributed by atoms with E-state index in [0.29, 0.717) is 35.5 Å². The lowest BCUT2D eigenvalue weighted by Crippen LogP contribution is -2.23. The SMILES string of the molecule is Cc1cc(-c2noc(CNC(=O)CC3CC3)n2)no1. The standard InChI is InChI=1S/C12H14N4O3/c1-7-4-9(15-18-7)12-14-11(19-16-12)6-13-10(17)5-8-2-3-8/h4,8H,2-3,5-6H2,1H3,(H,13,17). The van der Waals surface area contributed by atoms with Crippen molar-refractivity contribution < 1.29 is 13.8 Å². The van der Waals surface area contributed by atoms with Crippen molar-refractivity contribution in [1.29, 1.82) is 0 Å². The van der Waals surface area contributed by atoms with E-state index in [4.69, 9.17) is 9.05 Å². The summed E-state index contributed by atoms with van der Waals surface area (Å²) < 4.78 is 9.98. The molecular weight excluding hydrogens is 248 g/mol. The van der Waals surface area contributed by atoms with Crippen LogP contribution in [0.25, 0.3) is 11.5 Å². The van der Waals surface area contributed by atoms with Crippen molar-refractivity contribution in [3.8, 4) is 11.5 Å². The van der Waals surface area contributed by atoms with Gasteiger partial charge in [0.25, 0.3) is 0 Å². The van der Waals surface area contributed by atoms with Gasteiger partial charge in [-0.25, -0.2) is 0 Å². The molecule has 1 aliphatic carbocycles. The Morgan fingerprint density at radius 2 is 2.26 bits per heavy atom. The highest BCUT2D eigenvalue weighted by Crippen LogP contribution is 2.32. The molecule has 7 nitrogen and oxygen atoms in total. The van der Waals surface area contributed by atoms with Crippen LogP contribution >= 0.6 is 0 Å². The van der Waals surface area contributed by atoms with Gasteiger partial charge in [-0.1, -0.05) is 10.3 Å². The Balaban J connectivity index is 1.57. The van der Waals surface area contributed by atoms with Crippen LogP contribution in [-0.4, -0.2) is 21.2 Å². The largest absolute Gasteiger partial charge is 0.361 e. The van der Waals surface area contributed by atoms with Gasteiger partial charge in [0, 0.05) is 12.5 Å². The van der Waals surface area contributed by atoms with Crippen LogP contribution in [-0.2, 0) is 11.3 Å². The molecule has 0 saturated heterocycles. The van der Waals surface area contributed by atoms with E-state index in [1.54, 1.807) is 13.0 Å². The van der Waals surface area contributed by atoms with E-state index in [2.05, 4.69) is 20.6 Å². The zero-order valence-electron chi connectivity index (χ0n) is 10.5. The molecule has 2 aromatic rings. The fraction of sp³-hybridized carbons (Fsp3) is 0.500. The third kappa shape index (κ3) is 2.98. The summed E-state index contributed by atoms with van der Waals surface area (Å²) in [5.41, 5.74) is 0.525. The van der Waals surface area contributed by atoms with Gasteiger partial charge >= 0.3 is 0 Å². The van der Waals surface area contributed by atoms with E-state index in [1.165, 1.54) is 0 Å². The molecule has 100 valence electrons. The molecule has 2 aromatic heterocycles. The Bertz CT molecular complexity index is 585. The summed E-state index contributed by atoms with van der Waals surface area (Å²) in [6, 6.07) is 1.72. The number of nitrogens with zero attached hydrogens (tertiary/aromatic N) is 3. The zero-order chi connectivity index (χ0) is 13.2. The normalized spacial score (nSPS) is 14.6. The summed E-state index contributed by atoms with van der Waals surface area (Å²) in [6.45, 7) is 2.03. The highest BCUT2D eigenvalue weighted by molar-refractivity contribution is 5.76. The lowest BCUT2D eigenvalue weighted by atomic mass is 10.3. The van der Waals surface area contributed by atoms with E-state index in [0.717, 1.165) is 12.8 Å². The Morgan fingerprint density at radius 1 is 1.42 bits per heavy atom. The lowest BCUT2D eigenvalue weighted by Gasteiger charge is -1.99. The maximum Gasteiger partial charge on any atom is 0.246 e. The smallest absolute Gasteiger partial charge is 0.246 e. The number of amides is 1. The topological polar surface area (TPSA) is 94.1 Å². The molecule has 0 aromatic carbocycles. The van der Waals surface area contributed by atoms with Crippen molar-refractivity contribution in [2.45, 2.75) is 32.7 Å². The van der Waals surface area contributed by atoms with Crippen LogP contribution in [0.5, 0.6) is 0 Å². The molecular formula is C12H14N4O3. The van der Waals surface area contributed by atoms with E-state index in [9.17, 15) is 4.79 Å². The first-order chi connectivity index (χ1) is 9.20. The van der Waals surface area contributed by atoms with Crippen molar-refractivity contribution in [2.75, 3.05) is 0 Å². The molecule has 7 heteroatoms. The summed E-state index contributed by atoms with van der Waals surface area (Å²) in [4.78, 5) is 15.7. The molecule has 0 atom stereocenters. The molecule has 0 bridgehead atoms. The van der Waals surface area contributed by atoms with Gasteiger partial charge in [-0.15, -0.1) is 0 Å². The van der Waals surface area contributed by atoms with Crippen molar-refractivity contribution >= 4 is 5.91 Å². The van der Waals surface area contributed by atoms with Crippen molar-refractivity contribution in [1.82, 2.24) is 20.6 Å². The van der Waals surface area contributed by atoms with Gasteiger partial charge < -0.3 is 14.4 Å². The molecule has 2 heterocycles. The summed E-state index contributed by atoms with van der Waals surface area (Å²) in [5.74, 6) is 2.00. The first-order valence-electron chi connectivity index (χ1n) is 6.23. The van der Waals surface area contributed by atoms with Crippen LogP contribution < -0.4 is 5.32 Å². The van der Waals surface area contributed by atoms with Gasteiger partial charge in [0.15, 0.2) is 5.69 Å². The van der Waals surface area contributed by atoms with Crippen LogP contribution in [0.4, 0.5) is 0 Å². The fourth-order valence-electron chi connectivity index (χ4n) is 1.73. The Morgan fingerprint density at radius 3 is 2.95 bits per heavy atom. The molecule has 1 aliphatic rings. The Labute approximate surface area is 109 Å². The van der Waals surface area contributed by atoms with Crippen molar-refractivity contribution in [2.24, 2.45) is 5.92 Å². The minimum absolute atomic E-state index is 0.0273. The third-order valence-electron chi connectivity index (χ3n) is 2.93. The van der Waals surface area contributed by atoms with Gasteiger partial charge in [0.05, 0.1) is 6.54 Å². The molecule has 0 unspecified atom stereocenters. The van der Waals surface area contributed by atoms with Crippen LogP contribution in [0, 0.1) is 12.8 Å². The molecule has 1 fully saturated rings. The molecule has 1 N–H and O–H groups in total. The number of carbonyl (C=O) groups is 1. The van der Waals surface area contributed by atoms with Crippen molar-refractivity contribution in [3.63, 3.8) is 0 Å². The fourth-order valence-corrected chi connectivity index (χ4v) is 1.73. The third-order valence-corrected chi connectivity index (χ3v) is 2.93. The maximum atomic E-state index is 11.5. The second-order valence-corrected chi connectivity index (χ2v) is 4.76. The lowest BCUT2D eigenvalue weighted by molar-refractivity contribution is -0.121. The predicted octanol–water partition coefficient (Wildman–Crippen LogP) is 1.45. The number of nitrogens with one attached hydrogen (secondary N) is 1. The quantitative estimate of drug-likeness (QED) is 0.876. The summed E-state index contributed by atoms with van der Waals surface area (Å²) in [6.07, 6.45) is 2.90. The van der Waals surface area contributed by atoms with E-state index in [-0.39, 0.29) is 12.5 Å². The summed E-state index contributed by atoms with van der Waals surface area (Å²) in [5, 5.41) is 10.3. The average Bonchev–Trinajstić information content (AvgIpc) is 2.91. The molecule has 0 aliphatic heterocycles. The number of rotatable bonds is 5. The Hall–Kier alpha value is -2.18. The molecule has 3 rings (SSSR count). The molecule has 0 spiro atoms. The average molecular weight is 262 g/mol. The number of hydrogen-bond acceptors (Lipinski definition) is 6. The van der Waals surface area contributed by atoms with E-state index in [1.807, 2.05) is 0 Å². The maximum absolute atomic E-state index is 11.5. The second kappa shape index (κ2) is 4.83. The summed E-state index contributed by atoms with van der Waals surface area (Å²) in [7, 11) is 0. The first kappa shape index (κ1) is 11.9. The van der Waals surface area contributed by atoms with Crippen LogP contribution in [0.3, 0.4) is 0 Å². The predicted molar refractivity (Wildman–Crippen MR) is 63.7 cm³/mol. The number of carbonyl (C=O) groups excluding carboxylic acids is 1. The van der Waals surface area contributed by atoms with Gasteiger partial charge in [0.1, 0.15) is 5.76 Å². The van der Waals surface area contributed by atoms with Gasteiger partial charge in [-0.05, 0) is 25.7 Å². The molecule has 1 amide bonds. The van der Waals surface area contributed by atoms with E-state index >= 15 is 0 Å². The second-order valence-electron chi connectivity index (χ2n) is 4.76. The van der Waals surface area contributed by atoms with Crippen LogP contribution in [0.1, 0.15) is 30.9 Å². The molecule has 19 heavy (non-hydrogen) atoms. The number of hydrogen-bond donors (Lipinski definition) is 1. The molecule has 1 saturated carbocycles. The van der Waals surface area contributed by atoms with E-state index < -0.39 is 0 Å². The Kier molecular flexibility index (Phi) is 3.02. The van der Waals surface area contributed by atoms with Crippen molar-refractivity contribution in [3.05, 3.63) is 17.7 Å². The van der Waals surface area contributed by atoms with Gasteiger partial charge in [0.2, 0.25) is 17.6 Å². The highest BCUT2D eigenvalue weighted by atomic mass is 16.5. The number of aromatic nitrogens is 3.